The maximum absolute atomic E-state index is 11.8. The number of benzene rings is 1. The number of nitro groups is 1. The molecule has 0 aliphatic rings. The molecule has 98 valence electrons. The van der Waals surface area contributed by atoms with Gasteiger partial charge in [-0.05, 0) is 19.9 Å². The largest absolute Gasteiger partial charge is 0.351 e. The molecule has 0 radical (unpaired) electrons. The Morgan fingerprint density at radius 3 is 2.74 bits per heavy atom. The van der Waals surface area contributed by atoms with Crippen molar-refractivity contribution < 1.29 is 14.2 Å². The highest BCUT2D eigenvalue weighted by atomic mass is 16.6. The third-order valence-electron chi connectivity index (χ3n) is 2.60. The second-order valence-corrected chi connectivity index (χ2v) is 3.99. The SMILES string of the molecule is Cc1cc(C(=O)Nc2cccc([N+](=O)[O-])c2C)on1. The number of anilines is 1. The highest BCUT2D eigenvalue weighted by Crippen LogP contribution is 2.25. The minimum absolute atomic E-state index is 0.0495. The van der Waals surface area contributed by atoms with Gasteiger partial charge in [-0.25, -0.2) is 0 Å². The van der Waals surface area contributed by atoms with E-state index < -0.39 is 10.8 Å². The molecule has 0 bridgehead atoms. The van der Waals surface area contributed by atoms with Crippen molar-refractivity contribution in [3.63, 3.8) is 0 Å². The molecule has 2 rings (SSSR count). The second kappa shape index (κ2) is 4.89. The molecule has 0 aliphatic carbocycles. The van der Waals surface area contributed by atoms with E-state index in [1.165, 1.54) is 18.2 Å². The van der Waals surface area contributed by atoms with E-state index in [9.17, 15) is 14.9 Å². The fourth-order valence-electron chi connectivity index (χ4n) is 1.61. The summed E-state index contributed by atoms with van der Waals surface area (Å²) in [5, 5.41) is 17.0. The number of nitro benzene ring substituents is 1. The van der Waals surface area contributed by atoms with Gasteiger partial charge in [-0.1, -0.05) is 11.2 Å². The van der Waals surface area contributed by atoms with Crippen LogP contribution in [-0.2, 0) is 0 Å². The van der Waals surface area contributed by atoms with Gasteiger partial charge in [-0.3, -0.25) is 14.9 Å². The Labute approximate surface area is 108 Å². The van der Waals surface area contributed by atoms with Crippen molar-refractivity contribution in [3.8, 4) is 0 Å². The van der Waals surface area contributed by atoms with Crippen molar-refractivity contribution in [1.29, 1.82) is 0 Å². The van der Waals surface area contributed by atoms with Crippen molar-refractivity contribution >= 4 is 17.3 Å². The van der Waals surface area contributed by atoms with E-state index in [1.54, 1.807) is 19.9 Å². The zero-order chi connectivity index (χ0) is 14.0. The monoisotopic (exact) mass is 261 g/mol. The van der Waals surface area contributed by atoms with Crippen LogP contribution in [0.1, 0.15) is 21.8 Å². The van der Waals surface area contributed by atoms with Gasteiger partial charge in [0.1, 0.15) is 0 Å². The zero-order valence-electron chi connectivity index (χ0n) is 10.3. The third kappa shape index (κ3) is 2.59. The third-order valence-corrected chi connectivity index (χ3v) is 2.60. The molecular weight excluding hydrogens is 250 g/mol. The molecule has 1 N–H and O–H groups in total. The average Bonchev–Trinajstić information content (AvgIpc) is 2.78. The van der Waals surface area contributed by atoms with E-state index in [0.717, 1.165) is 0 Å². The Morgan fingerprint density at radius 2 is 2.16 bits per heavy atom. The van der Waals surface area contributed by atoms with Gasteiger partial charge < -0.3 is 9.84 Å². The molecule has 0 saturated carbocycles. The summed E-state index contributed by atoms with van der Waals surface area (Å²) >= 11 is 0. The average molecular weight is 261 g/mol. The molecule has 0 spiro atoms. The summed E-state index contributed by atoms with van der Waals surface area (Å²) in [4.78, 5) is 22.1. The van der Waals surface area contributed by atoms with E-state index >= 15 is 0 Å². The molecular formula is C12H11N3O4. The summed E-state index contributed by atoms with van der Waals surface area (Å²) in [6, 6.07) is 5.96. The van der Waals surface area contributed by atoms with Crippen molar-refractivity contribution in [2.24, 2.45) is 0 Å². The minimum atomic E-state index is -0.496. The fraction of sp³-hybridized carbons (Fsp3) is 0.167. The van der Waals surface area contributed by atoms with Crippen LogP contribution < -0.4 is 5.32 Å². The number of rotatable bonds is 3. The lowest BCUT2D eigenvalue weighted by Gasteiger charge is -2.06. The van der Waals surface area contributed by atoms with E-state index in [-0.39, 0.29) is 11.4 Å². The van der Waals surface area contributed by atoms with Gasteiger partial charge in [0.2, 0.25) is 5.76 Å². The normalized spacial score (nSPS) is 10.2. The number of amides is 1. The quantitative estimate of drug-likeness (QED) is 0.675. The molecule has 1 amide bonds. The van der Waals surface area contributed by atoms with E-state index in [0.29, 0.717) is 16.9 Å². The topological polar surface area (TPSA) is 98.3 Å². The summed E-state index contributed by atoms with van der Waals surface area (Å²) in [6.07, 6.45) is 0. The lowest BCUT2D eigenvalue weighted by Crippen LogP contribution is -2.12. The van der Waals surface area contributed by atoms with Crippen LogP contribution in [0.15, 0.2) is 28.8 Å². The molecule has 1 heterocycles. The zero-order valence-corrected chi connectivity index (χ0v) is 10.3. The summed E-state index contributed by atoms with van der Waals surface area (Å²) in [7, 11) is 0. The molecule has 1 aromatic heterocycles. The van der Waals surface area contributed by atoms with Crippen molar-refractivity contribution in [2.75, 3.05) is 5.32 Å². The van der Waals surface area contributed by atoms with Gasteiger partial charge >= 0.3 is 0 Å². The minimum Gasteiger partial charge on any atom is -0.351 e. The number of hydrogen-bond acceptors (Lipinski definition) is 5. The molecule has 0 saturated heterocycles. The smallest absolute Gasteiger partial charge is 0.294 e. The number of aromatic nitrogens is 1. The molecule has 1 aromatic carbocycles. The molecule has 19 heavy (non-hydrogen) atoms. The van der Waals surface area contributed by atoms with Crippen LogP contribution in [0.3, 0.4) is 0 Å². The maximum atomic E-state index is 11.8. The van der Waals surface area contributed by atoms with Crippen molar-refractivity contribution in [1.82, 2.24) is 5.16 Å². The van der Waals surface area contributed by atoms with Gasteiger partial charge in [0.15, 0.2) is 0 Å². The Balaban J connectivity index is 2.27. The second-order valence-electron chi connectivity index (χ2n) is 3.99. The van der Waals surface area contributed by atoms with Crippen LogP contribution in [0, 0.1) is 24.0 Å². The lowest BCUT2D eigenvalue weighted by atomic mass is 10.1. The highest BCUT2D eigenvalue weighted by Gasteiger charge is 2.17. The van der Waals surface area contributed by atoms with Gasteiger partial charge in [0.25, 0.3) is 11.6 Å². The highest BCUT2D eigenvalue weighted by molar-refractivity contribution is 6.02. The molecule has 2 aromatic rings. The van der Waals surface area contributed by atoms with Crippen LogP contribution in [0.5, 0.6) is 0 Å². The Bertz CT molecular complexity index is 648. The first-order chi connectivity index (χ1) is 8.99. The lowest BCUT2D eigenvalue weighted by molar-refractivity contribution is -0.385. The van der Waals surface area contributed by atoms with Crippen molar-refractivity contribution in [2.45, 2.75) is 13.8 Å². The molecule has 0 aliphatic heterocycles. The molecule has 0 atom stereocenters. The molecule has 7 heteroatoms. The first kappa shape index (κ1) is 12.7. The Morgan fingerprint density at radius 1 is 1.42 bits per heavy atom. The molecule has 0 fully saturated rings. The van der Waals surface area contributed by atoms with Crippen LogP contribution in [-0.4, -0.2) is 16.0 Å². The predicted molar refractivity (Wildman–Crippen MR) is 67.0 cm³/mol. The first-order valence-electron chi connectivity index (χ1n) is 5.47. The van der Waals surface area contributed by atoms with E-state index in [4.69, 9.17) is 4.52 Å². The Hall–Kier alpha value is -2.70. The number of carbonyl (C=O) groups is 1. The number of carbonyl (C=O) groups excluding carboxylic acids is 1. The van der Waals surface area contributed by atoms with Gasteiger partial charge in [0.05, 0.1) is 21.9 Å². The number of hydrogen-bond donors (Lipinski definition) is 1. The van der Waals surface area contributed by atoms with E-state index in [2.05, 4.69) is 10.5 Å². The summed E-state index contributed by atoms with van der Waals surface area (Å²) < 4.78 is 4.82. The first-order valence-corrected chi connectivity index (χ1v) is 5.47. The fourth-order valence-corrected chi connectivity index (χ4v) is 1.61. The molecule has 7 nitrogen and oxygen atoms in total. The number of nitrogens with zero attached hydrogens (tertiary/aromatic N) is 2. The van der Waals surface area contributed by atoms with E-state index in [1.807, 2.05) is 0 Å². The summed E-state index contributed by atoms with van der Waals surface area (Å²) in [6.45, 7) is 3.26. The van der Waals surface area contributed by atoms with Crippen molar-refractivity contribution in [3.05, 3.63) is 51.4 Å². The van der Waals surface area contributed by atoms with Crippen LogP contribution in [0.4, 0.5) is 11.4 Å². The van der Waals surface area contributed by atoms with Gasteiger partial charge in [-0.2, -0.15) is 0 Å². The van der Waals surface area contributed by atoms with Crippen LogP contribution in [0.2, 0.25) is 0 Å². The number of nitrogens with one attached hydrogen (secondary N) is 1. The number of aryl methyl sites for hydroxylation is 1. The maximum Gasteiger partial charge on any atom is 0.294 e. The predicted octanol–water partition coefficient (Wildman–Crippen LogP) is 2.45. The van der Waals surface area contributed by atoms with Gasteiger partial charge in [0, 0.05) is 12.1 Å². The standard InChI is InChI=1S/C12H11N3O4/c1-7-6-11(19-14-7)12(16)13-9-4-3-5-10(8(9)2)15(17)18/h3-6H,1-2H3,(H,13,16). The van der Waals surface area contributed by atoms with Gasteiger partial charge in [-0.15, -0.1) is 0 Å². The summed E-state index contributed by atoms with van der Waals surface area (Å²) in [5.41, 5.74) is 1.29. The van der Waals surface area contributed by atoms with Crippen LogP contribution >= 0.6 is 0 Å². The Kier molecular flexibility index (Phi) is 3.28. The molecule has 0 unspecified atom stereocenters. The van der Waals surface area contributed by atoms with Crippen LogP contribution in [0.25, 0.3) is 0 Å². The summed E-state index contributed by atoms with van der Waals surface area (Å²) in [5.74, 6) is -0.437.